The molecule has 9 nitrogen and oxygen atoms in total. The number of hydrogen-bond donors (Lipinski definition) is 1. The molecule has 1 aliphatic rings. The van der Waals surface area contributed by atoms with E-state index in [0.717, 1.165) is 41.8 Å². The molecule has 0 saturated carbocycles. The van der Waals surface area contributed by atoms with E-state index in [4.69, 9.17) is 19.3 Å². The molecule has 1 aromatic heterocycles. The molecular weight excluding hydrogens is 618 g/mol. The Hall–Kier alpha value is -5.02. The molecule has 0 aliphatic carbocycles. The van der Waals surface area contributed by atoms with Crippen molar-refractivity contribution < 1.29 is 28.6 Å². The van der Waals surface area contributed by atoms with E-state index in [2.05, 4.69) is 18.8 Å². The SMILES string of the molecule is C=CCOc1ccc(-n2nc(C(=O)OCC)c(-c3ccc(C(=O)OC(C)(C)C)cc3C(=O)C3NCCc4ccccc43)c2CCCC)cc1. The second-order valence-corrected chi connectivity index (χ2v) is 13.0. The molecule has 1 unspecified atom stereocenters. The monoisotopic (exact) mass is 663 g/mol. The average Bonchev–Trinajstić information content (AvgIpc) is 3.47. The normalized spacial score (nSPS) is 14.1. The summed E-state index contributed by atoms with van der Waals surface area (Å²) in [5, 5.41) is 8.24. The number of esters is 2. The molecule has 4 aromatic rings. The number of ketones is 1. The zero-order chi connectivity index (χ0) is 35.1. The number of Topliss-reactive ketones (excluding diaryl/α,β-unsaturated/α-hetero) is 1. The number of hydrogen-bond acceptors (Lipinski definition) is 8. The number of unbranched alkanes of at least 4 members (excludes halogenated alkanes) is 1. The third-order valence-corrected chi connectivity index (χ3v) is 8.23. The van der Waals surface area contributed by atoms with Crippen LogP contribution in [0.15, 0.2) is 79.4 Å². The molecule has 0 fully saturated rings. The van der Waals surface area contributed by atoms with Gasteiger partial charge in [-0.15, -0.1) is 0 Å². The van der Waals surface area contributed by atoms with Crippen molar-refractivity contribution in [1.82, 2.24) is 15.1 Å². The largest absolute Gasteiger partial charge is 0.490 e. The van der Waals surface area contributed by atoms with Crippen LogP contribution in [0.25, 0.3) is 16.8 Å². The lowest BCUT2D eigenvalue weighted by Crippen LogP contribution is -2.35. The van der Waals surface area contributed by atoms with Crippen LogP contribution >= 0.6 is 0 Å². The fraction of sp³-hybridized carbons (Fsp3) is 0.350. The average molecular weight is 664 g/mol. The van der Waals surface area contributed by atoms with Gasteiger partial charge in [-0.3, -0.25) is 4.79 Å². The number of ether oxygens (including phenoxy) is 3. The fourth-order valence-corrected chi connectivity index (χ4v) is 6.03. The lowest BCUT2D eigenvalue weighted by Gasteiger charge is -2.27. The van der Waals surface area contributed by atoms with Gasteiger partial charge in [0.1, 0.15) is 18.0 Å². The molecule has 1 atom stereocenters. The smallest absolute Gasteiger partial charge is 0.359 e. The minimum Gasteiger partial charge on any atom is -0.490 e. The van der Waals surface area contributed by atoms with Crippen LogP contribution in [0.2, 0.25) is 0 Å². The number of nitrogens with one attached hydrogen (secondary N) is 1. The minimum absolute atomic E-state index is 0.0935. The van der Waals surface area contributed by atoms with E-state index in [1.165, 1.54) is 0 Å². The van der Waals surface area contributed by atoms with Gasteiger partial charge in [0.05, 0.1) is 29.6 Å². The van der Waals surface area contributed by atoms with E-state index >= 15 is 0 Å². The molecule has 0 bridgehead atoms. The van der Waals surface area contributed by atoms with E-state index in [0.29, 0.717) is 36.4 Å². The number of aromatic nitrogens is 2. The van der Waals surface area contributed by atoms with Gasteiger partial charge in [0.2, 0.25) is 0 Å². The molecule has 0 radical (unpaired) electrons. The van der Waals surface area contributed by atoms with Crippen molar-refractivity contribution in [2.45, 2.75) is 71.9 Å². The van der Waals surface area contributed by atoms with E-state index in [-0.39, 0.29) is 29.2 Å². The lowest BCUT2D eigenvalue weighted by molar-refractivity contribution is 0.00692. The number of fused-ring (bicyclic) bond motifs is 1. The molecule has 3 aromatic carbocycles. The van der Waals surface area contributed by atoms with Crippen LogP contribution in [0, 0.1) is 0 Å². The number of carbonyl (C=O) groups excluding carboxylic acids is 3. The van der Waals surface area contributed by atoms with E-state index in [9.17, 15) is 14.4 Å². The summed E-state index contributed by atoms with van der Waals surface area (Å²) < 4.78 is 18.7. The molecule has 1 N–H and O–H groups in total. The first-order valence-electron chi connectivity index (χ1n) is 16.9. The number of rotatable bonds is 13. The Kier molecular flexibility index (Phi) is 11.1. The van der Waals surface area contributed by atoms with Gasteiger partial charge in [-0.1, -0.05) is 56.3 Å². The third-order valence-electron chi connectivity index (χ3n) is 8.23. The highest BCUT2D eigenvalue weighted by atomic mass is 16.6. The van der Waals surface area contributed by atoms with Crippen LogP contribution in [0.3, 0.4) is 0 Å². The van der Waals surface area contributed by atoms with Crippen molar-refractivity contribution in [3.05, 3.63) is 113 Å². The summed E-state index contributed by atoms with van der Waals surface area (Å²) in [7, 11) is 0. The highest BCUT2D eigenvalue weighted by Gasteiger charge is 2.33. The molecule has 0 amide bonds. The predicted molar refractivity (Wildman–Crippen MR) is 190 cm³/mol. The Morgan fingerprint density at radius 3 is 2.47 bits per heavy atom. The van der Waals surface area contributed by atoms with Crippen molar-refractivity contribution >= 4 is 17.7 Å². The van der Waals surface area contributed by atoms with Crippen LogP contribution in [0.4, 0.5) is 0 Å². The van der Waals surface area contributed by atoms with Crippen LogP contribution in [-0.4, -0.2) is 52.9 Å². The first kappa shape index (κ1) is 35.3. The molecule has 49 heavy (non-hydrogen) atoms. The zero-order valence-corrected chi connectivity index (χ0v) is 29.0. The van der Waals surface area contributed by atoms with Gasteiger partial charge in [-0.25, -0.2) is 14.3 Å². The summed E-state index contributed by atoms with van der Waals surface area (Å²) in [6.07, 6.45) is 4.73. The van der Waals surface area contributed by atoms with Gasteiger partial charge in [-0.05, 0) is 100 Å². The molecule has 256 valence electrons. The Morgan fingerprint density at radius 2 is 1.78 bits per heavy atom. The number of benzene rings is 3. The first-order chi connectivity index (χ1) is 23.6. The van der Waals surface area contributed by atoms with Gasteiger partial charge in [0.25, 0.3) is 0 Å². The first-order valence-corrected chi connectivity index (χ1v) is 16.9. The molecule has 9 heteroatoms. The summed E-state index contributed by atoms with van der Waals surface area (Å²) in [6.45, 7) is 14.1. The van der Waals surface area contributed by atoms with E-state index < -0.39 is 23.6 Å². The second kappa shape index (κ2) is 15.5. The van der Waals surface area contributed by atoms with Crippen LogP contribution in [0.5, 0.6) is 5.75 Å². The van der Waals surface area contributed by atoms with Gasteiger partial charge in [0, 0.05) is 17.7 Å². The summed E-state index contributed by atoms with van der Waals surface area (Å²) in [5.41, 5.74) is 4.33. The quantitative estimate of drug-likeness (QED) is 0.0883. The Morgan fingerprint density at radius 1 is 1.02 bits per heavy atom. The lowest BCUT2D eigenvalue weighted by atomic mass is 9.85. The Labute approximate surface area is 288 Å². The third kappa shape index (κ3) is 8.00. The minimum atomic E-state index is -0.735. The highest BCUT2D eigenvalue weighted by Crippen LogP contribution is 2.37. The van der Waals surface area contributed by atoms with Gasteiger partial charge in [-0.2, -0.15) is 5.10 Å². The summed E-state index contributed by atoms with van der Waals surface area (Å²) in [6, 6.07) is 19.6. The Bertz CT molecular complexity index is 1830. The second-order valence-electron chi connectivity index (χ2n) is 13.0. The Balaban J connectivity index is 1.75. The number of nitrogens with zero attached hydrogens (tertiary/aromatic N) is 2. The number of carbonyl (C=O) groups is 3. The van der Waals surface area contributed by atoms with Crippen molar-refractivity contribution in [1.29, 1.82) is 0 Å². The van der Waals surface area contributed by atoms with Crippen molar-refractivity contribution in [3.8, 4) is 22.6 Å². The molecule has 1 aliphatic heterocycles. The van der Waals surface area contributed by atoms with Crippen LogP contribution in [0.1, 0.15) is 102 Å². The topological polar surface area (TPSA) is 109 Å². The molecule has 0 saturated heterocycles. The standard InChI is InChI=1S/C40H45N3O6/c1-7-10-15-33-34(36(39(46)47-9-3)42-43(33)28-17-19-29(20-18-28)48-24-8-2)31-21-16-27(38(45)49-40(4,5)6)25-32(31)37(44)35-30-14-12-11-13-26(30)22-23-41-35/h8,11-14,16-21,25,35,41H,2,7,9-10,15,22-24H2,1,3-6H3. The van der Waals surface area contributed by atoms with E-state index in [1.54, 1.807) is 56.7 Å². The van der Waals surface area contributed by atoms with Gasteiger partial charge in [0.15, 0.2) is 11.5 Å². The molecular formula is C40H45N3O6. The van der Waals surface area contributed by atoms with E-state index in [1.807, 2.05) is 48.5 Å². The molecule has 0 spiro atoms. The van der Waals surface area contributed by atoms with Crippen LogP contribution in [-0.2, 0) is 22.3 Å². The summed E-state index contributed by atoms with van der Waals surface area (Å²) >= 11 is 0. The summed E-state index contributed by atoms with van der Waals surface area (Å²) in [4.78, 5) is 41.8. The van der Waals surface area contributed by atoms with Crippen LogP contribution < -0.4 is 10.1 Å². The highest BCUT2D eigenvalue weighted by molar-refractivity contribution is 6.10. The van der Waals surface area contributed by atoms with Crippen molar-refractivity contribution in [2.75, 3.05) is 19.8 Å². The zero-order valence-electron chi connectivity index (χ0n) is 29.0. The molecule has 5 rings (SSSR count). The maximum absolute atomic E-state index is 14.8. The molecule has 2 heterocycles. The van der Waals surface area contributed by atoms with Gasteiger partial charge >= 0.3 is 11.9 Å². The summed E-state index contributed by atoms with van der Waals surface area (Å²) in [5.74, 6) is -0.699. The fourth-order valence-electron chi connectivity index (χ4n) is 6.03. The van der Waals surface area contributed by atoms with Gasteiger partial charge < -0.3 is 19.5 Å². The maximum Gasteiger partial charge on any atom is 0.359 e. The van der Waals surface area contributed by atoms with Crippen molar-refractivity contribution in [2.24, 2.45) is 0 Å². The maximum atomic E-state index is 14.8. The van der Waals surface area contributed by atoms with Crippen molar-refractivity contribution in [3.63, 3.8) is 0 Å². The predicted octanol–water partition coefficient (Wildman–Crippen LogP) is 7.65.